The Morgan fingerprint density at radius 1 is 1.24 bits per heavy atom. The first-order chi connectivity index (χ1) is 10.1. The SMILES string of the molecule is CCN(C(=O)c1ccn(C)c(=O)c1)c1ccc(CN)cc1. The van der Waals surface area contributed by atoms with Gasteiger partial charge in [0.2, 0.25) is 0 Å². The van der Waals surface area contributed by atoms with Gasteiger partial charge in [-0.1, -0.05) is 12.1 Å². The van der Waals surface area contributed by atoms with Gasteiger partial charge in [0.05, 0.1) is 0 Å². The van der Waals surface area contributed by atoms with Crippen molar-refractivity contribution in [2.75, 3.05) is 11.4 Å². The van der Waals surface area contributed by atoms with Crippen molar-refractivity contribution >= 4 is 11.6 Å². The van der Waals surface area contributed by atoms with Crippen LogP contribution in [0.1, 0.15) is 22.8 Å². The number of carbonyl (C=O) groups excluding carboxylic acids is 1. The predicted octanol–water partition coefficient (Wildman–Crippen LogP) is 1.51. The number of hydrogen-bond donors (Lipinski definition) is 1. The Bertz CT molecular complexity index is 689. The highest BCUT2D eigenvalue weighted by atomic mass is 16.2. The highest BCUT2D eigenvalue weighted by Gasteiger charge is 2.16. The van der Waals surface area contributed by atoms with E-state index in [4.69, 9.17) is 5.73 Å². The van der Waals surface area contributed by atoms with Crippen LogP contribution in [0.2, 0.25) is 0 Å². The van der Waals surface area contributed by atoms with Crippen LogP contribution in [0.4, 0.5) is 5.69 Å². The molecule has 0 fully saturated rings. The quantitative estimate of drug-likeness (QED) is 0.926. The molecule has 21 heavy (non-hydrogen) atoms. The molecule has 2 N–H and O–H groups in total. The van der Waals surface area contributed by atoms with E-state index in [-0.39, 0.29) is 11.5 Å². The van der Waals surface area contributed by atoms with Gasteiger partial charge in [-0.15, -0.1) is 0 Å². The number of rotatable bonds is 4. The van der Waals surface area contributed by atoms with Gasteiger partial charge in [-0.2, -0.15) is 0 Å². The van der Waals surface area contributed by atoms with Gasteiger partial charge in [0.1, 0.15) is 0 Å². The molecule has 1 aromatic heterocycles. The molecule has 5 nitrogen and oxygen atoms in total. The molecule has 0 atom stereocenters. The number of nitrogens with zero attached hydrogens (tertiary/aromatic N) is 2. The number of anilines is 1. The van der Waals surface area contributed by atoms with Crippen molar-refractivity contribution in [1.82, 2.24) is 4.57 Å². The van der Waals surface area contributed by atoms with Crippen molar-refractivity contribution in [2.24, 2.45) is 12.8 Å². The van der Waals surface area contributed by atoms with Gasteiger partial charge in [0, 0.05) is 43.7 Å². The molecule has 1 aromatic carbocycles. The minimum atomic E-state index is -0.199. The third kappa shape index (κ3) is 3.20. The summed E-state index contributed by atoms with van der Waals surface area (Å²) in [5.74, 6) is -0.185. The fraction of sp³-hybridized carbons (Fsp3) is 0.250. The maximum Gasteiger partial charge on any atom is 0.258 e. The van der Waals surface area contributed by atoms with Crippen LogP contribution >= 0.6 is 0 Å². The summed E-state index contributed by atoms with van der Waals surface area (Å²) in [6, 6.07) is 10.5. The summed E-state index contributed by atoms with van der Waals surface area (Å²) >= 11 is 0. The second-order valence-corrected chi connectivity index (χ2v) is 4.78. The van der Waals surface area contributed by atoms with Gasteiger partial charge in [-0.25, -0.2) is 0 Å². The van der Waals surface area contributed by atoms with Gasteiger partial charge in [0.15, 0.2) is 0 Å². The van der Waals surface area contributed by atoms with Crippen molar-refractivity contribution in [2.45, 2.75) is 13.5 Å². The summed E-state index contributed by atoms with van der Waals surface area (Å²) in [6.45, 7) is 2.89. The van der Waals surface area contributed by atoms with E-state index in [1.807, 2.05) is 31.2 Å². The predicted molar refractivity (Wildman–Crippen MR) is 83.4 cm³/mol. The van der Waals surface area contributed by atoms with Crippen LogP contribution in [0.5, 0.6) is 0 Å². The number of aryl methyl sites for hydroxylation is 1. The van der Waals surface area contributed by atoms with Crippen LogP contribution in [0, 0.1) is 0 Å². The summed E-state index contributed by atoms with van der Waals surface area (Å²) in [4.78, 5) is 25.8. The third-order valence-corrected chi connectivity index (χ3v) is 3.40. The number of nitrogens with two attached hydrogens (primary N) is 1. The molecule has 0 aliphatic carbocycles. The number of hydrogen-bond acceptors (Lipinski definition) is 3. The first kappa shape index (κ1) is 15.0. The van der Waals surface area contributed by atoms with E-state index in [1.165, 1.54) is 10.6 Å². The van der Waals surface area contributed by atoms with E-state index < -0.39 is 0 Å². The van der Waals surface area contributed by atoms with Crippen molar-refractivity contribution in [3.63, 3.8) is 0 Å². The maximum absolute atomic E-state index is 12.5. The monoisotopic (exact) mass is 285 g/mol. The van der Waals surface area contributed by atoms with Gasteiger partial charge in [0.25, 0.3) is 11.5 Å². The molecule has 110 valence electrons. The molecule has 0 bridgehead atoms. The molecule has 0 saturated heterocycles. The lowest BCUT2D eigenvalue weighted by Crippen LogP contribution is -2.32. The molecule has 0 saturated carbocycles. The Kier molecular flexibility index (Phi) is 4.55. The number of carbonyl (C=O) groups is 1. The van der Waals surface area contributed by atoms with Crippen LogP contribution in [0.15, 0.2) is 47.4 Å². The summed E-state index contributed by atoms with van der Waals surface area (Å²) in [5, 5.41) is 0. The van der Waals surface area contributed by atoms with Crippen LogP contribution in [0.3, 0.4) is 0 Å². The lowest BCUT2D eigenvalue weighted by molar-refractivity contribution is 0.0988. The normalized spacial score (nSPS) is 10.4. The van der Waals surface area contributed by atoms with E-state index >= 15 is 0 Å². The van der Waals surface area contributed by atoms with Crippen molar-refractivity contribution in [1.29, 1.82) is 0 Å². The number of pyridine rings is 1. The first-order valence-electron chi connectivity index (χ1n) is 6.84. The zero-order chi connectivity index (χ0) is 15.4. The summed E-state index contributed by atoms with van der Waals surface area (Å²) in [6.07, 6.45) is 1.60. The number of amides is 1. The zero-order valence-electron chi connectivity index (χ0n) is 12.2. The average molecular weight is 285 g/mol. The van der Waals surface area contributed by atoms with E-state index in [0.29, 0.717) is 18.7 Å². The Morgan fingerprint density at radius 2 is 1.90 bits per heavy atom. The van der Waals surface area contributed by atoms with Gasteiger partial charge in [-0.3, -0.25) is 9.59 Å². The second-order valence-electron chi connectivity index (χ2n) is 4.78. The van der Waals surface area contributed by atoms with Crippen molar-refractivity contribution in [3.05, 3.63) is 64.1 Å². The average Bonchev–Trinajstić information content (AvgIpc) is 2.51. The third-order valence-electron chi connectivity index (χ3n) is 3.40. The van der Waals surface area contributed by atoms with Crippen LogP contribution in [0.25, 0.3) is 0 Å². The van der Waals surface area contributed by atoms with Crippen molar-refractivity contribution in [3.8, 4) is 0 Å². The lowest BCUT2D eigenvalue weighted by atomic mass is 10.1. The zero-order valence-corrected chi connectivity index (χ0v) is 12.2. The number of aromatic nitrogens is 1. The Balaban J connectivity index is 2.32. The summed E-state index contributed by atoms with van der Waals surface area (Å²) in [5.41, 5.74) is 7.57. The maximum atomic E-state index is 12.5. The van der Waals surface area contributed by atoms with Gasteiger partial charge < -0.3 is 15.2 Å². The molecule has 0 unspecified atom stereocenters. The molecule has 0 spiro atoms. The van der Waals surface area contributed by atoms with Crippen molar-refractivity contribution < 1.29 is 4.79 Å². The van der Waals surface area contributed by atoms with Crippen LogP contribution < -0.4 is 16.2 Å². The molecule has 0 radical (unpaired) electrons. The Hall–Kier alpha value is -2.40. The highest BCUT2D eigenvalue weighted by Crippen LogP contribution is 2.17. The smallest absolute Gasteiger partial charge is 0.258 e. The standard InChI is InChI=1S/C16H19N3O2/c1-3-19(14-6-4-12(11-17)5-7-14)16(21)13-8-9-18(2)15(20)10-13/h4-10H,3,11,17H2,1-2H3. The van der Waals surface area contributed by atoms with Crippen LogP contribution in [-0.2, 0) is 13.6 Å². The molecule has 0 aliphatic rings. The topological polar surface area (TPSA) is 68.3 Å². The van der Waals surface area contributed by atoms with Gasteiger partial charge in [-0.05, 0) is 30.7 Å². The van der Waals surface area contributed by atoms with E-state index in [2.05, 4.69) is 0 Å². The minimum absolute atomic E-state index is 0.185. The first-order valence-corrected chi connectivity index (χ1v) is 6.84. The molecular weight excluding hydrogens is 266 g/mol. The van der Waals surface area contributed by atoms with Gasteiger partial charge >= 0.3 is 0 Å². The van der Waals surface area contributed by atoms with Crippen LogP contribution in [-0.4, -0.2) is 17.0 Å². The molecule has 1 amide bonds. The lowest BCUT2D eigenvalue weighted by Gasteiger charge is -2.21. The fourth-order valence-electron chi connectivity index (χ4n) is 2.09. The molecular formula is C16H19N3O2. The largest absolute Gasteiger partial charge is 0.326 e. The molecule has 2 rings (SSSR count). The summed E-state index contributed by atoms with van der Waals surface area (Å²) < 4.78 is 1.43. The summed E-state index contributed by atoms with van der Waals surface area (Å²) in [7, 11) is 1.65. The van der Waals surface area contributed by atoms with E-state index in [1.54, 1.807) is 24.2 Å². The fourth-order valence-corrected chi connectivity index (χ4v) is 2.09. The molecule has 5 heteroatoms. The molecule has 1 heterocycles. The molecule has 0 aliphatic heterocycles. The number of benzene rings is 1. The van der Waals surface area contributed by atoms with E-state index in [9.17, 15) is 9.59 Å². The highest BCUT2D eigenvalue weighted by molar-refractivity contribution is 6.05. The Morgan fingerprint density at radius 3 is 2.43 bits per heavy atom. The molecule has 2 aromatic rings. The Labute approximate surface area is 123 Å². The minimum Gasteiger partial charge on any atom is -0.326 e. The van der Waals surface area contributed by atoms with E-state index in [0.717, 1.165) is 11.3 Å². The second kappa shape index (κ2) is 6.37.